The van der Waals surface area contributed by atoms with E-state index in [1.807, 2.05) is 0 Å². The molecule has 0 unspecified atom stereocenters. The van der Waals surface area contributed by atoms with Crippen LogP contribution in [0.25, 0.3) is 0 Å². The summed E-state index contributed by atoms with van der Waals surface area (Å²) >= 11 is 5.57. The summed E-state index contributed by atoms with van der Waals surface area (Å²) in [7, 11) is -0.229. The van der Waals surface area contributed by atoms with Crippen LogP contribution in [0.15, 0.2) is 12.2 Å². The molecule has 0 fully saturated rings. The summed E-state index contributed by atoms with van der Waals surface area (Å²) in [4.78, 5) is 0. The van der Waals surface area contributed by atoms with Gasteiger partial charge in [-0.05, 0) is 12.5 Å². The van der Waals surface area contributed by atoms with Crippen molar-refractivity contribution in [1.29, 1.82) is 0 Å². The van der Waals surface area contributed by atoms with Crippen LogP contribution in [0.5, 0.6) is 0 Å². The number of allylic oxidation sites excluding steroid dienone is 2. The molecule has 0 atom stereocenters. The first-order chi connectivity index (χ1) is 3.91. The highest BCUT2D eigenvalue weighted by Crippen LogP contribution is 1.91. The van der Waals surface area contributed by atoms with E-state index in [1.165, 1.54) is 12.8 Å². The Morgan fingerprint density at radius 2 is 2.25 bits per heavy atom. The third-order valence-corrected chi connectivity index (χ3v) is 2.10. The monoisotopic (exact) mass is 148 g/mol. The maximum atomic E-state index is 5.57. The third kappa shape index (κ3) is 6.25. The first-order valence-corrected chi connectivity index (χ1v) is 6.26. The van der Waals surface area contributed by atoms with E-state index in [1.54, 1.807) is 0 Å². The minimum absolute atomic E-state index is 0.229. The van der Waals surface area contributed by atoms with Gasteiger partial charge in [-0.15, -0.1) is 0 Å². The second-order valence-corrected chi connectivity index (χ2v) is 3.83. The van der Waals surface area contributed by atoms with Gasteiger partial charge in [0.1, 0.15) is 8.83 Å². The second-order valence-electron chi connectivity index (χ2n) is 1.74. The van der Waals surface area contributed by atoms with Gasteiger partial charge >= 0.3 is 0 Å². The molecule has 0 aromatic rings. The van der Waals surface area contributed by atoms with E-state index in [0.29, 0.717) is 0 Å². The second kappa shape index (κ2) is 7.25. The van der Waals surface area contributed by atoms with E-state index >= 15 is 0 Å². The van der Waals surface area contributed by atoms with Crippen molar-refractivity contribution in [3.8, 4) is 0 Å². The Morgan fingerprint density at radius 1 is 1.50 bits per heavy atom. The third-order valence-electron chi connectivity index (χ3n) is 0.898. The SMILES string of the molecule is CCCC=CC[SiH2]Cl. The molecule has 0 amide bonds. The van der Waals surface area contributed by atoms with Crippen molar-refractivity contribution in [2.45, 2.75) is 25.8 Å². The van der Waals surface area contributed by atoms with Crippen LogP contribution in [0.3, 0.4) is 0 Å². The minimum atomic E-state index is -0.229. The predicted octanol–water partition coefficient (Wildman–Crippen LogP) is 2.08. The fourth-order valence-corrected chi connectivity index (χ4v) is 1.21. The van der Waals surface area contributed by atoms with Crippen LogP contribution < -0.4 is 0 Å². The molecule has 0 rings (SSSR count). The normalized spacial score (nSPS) is 12.2. The molecule has 0 saturated heterocycles. The molecule has 2 heteroatoms. The Bertz CT molecular complexity index is 53.5. The zero-order valence-corrected chi connectivity index (χ0v) is 7.53. The molecule has 0 heterocycles. The molecular formula is C6H13ClSi. The van der Waals surface area contributed by atoms with E-state index < -0.39 is 0 Å². The highest BCUT2D eigenvalue weighted by molar-refractivity contribution is 6.93. The zero-order chi connectivity index (χ0) is 6.24. The van der Waals surface area contributed by atoms with Gasteiger partial charge in [0.25, 0.3) is 0 Å². The van der Waals surface area contributed by atoms with Gasteiger partial charge in [-0.2, -0.15) is 11.1 Å². The molecule has 0 bridgehead atoms. The summed E-state index contributed by atoms with van der Waals surface area (Å²) in [6, 6.07) is 1.15. The molecule has 0 saturated carbocycles. The lowest BCUT2D eigenvalue weighted by Crippen LogP contribution is -1.69. The van der Waals surface area contributed by atoms with E-state index in [-0.39, 0.29) is 8.83 Å². The average molecular weight is 149 g/mol. The van der Waals surface area contributed by atoms with Gasteiger partial charge in [0.2, 0.25) is 0 Å². The summed E-state index contributed by atoms with van der Waals surface area (Å²) < 4.78 is 0. The summed E-state index contributed by atoms with van der Waals surface area (Å²) in [5.41, 5.74) is 0. The topological polar surface area (TPSA) is 0 Å². The van der Waals surface area contributed by atoms with E-state index in [9.17, 15) is 0 Å². The molecule has 0 radical (unpaired) electrons. The number of hydrogen-bond acceptors (Lipinski definition) is 0. The summed E-state index contributed by atoms with van der Waals surface area (Å²) in [5.74, 6) is 0. The zero-order valence-electron chi connectivity index (χ0n) is 5.36. The first-order valence-electron chi connectivity index (χ1n) is 3.12. The summed E-state index contributed by atoms with van der Waals surface area (Å²) in [6.07, 6.45) is 6.88. The van der Waals surface area contributed by atoms with Crippen molar-refractivity contribution >= 4 is 19.9 Å². The predicted molar refractivity (Wildman–Crippen MR) is 43.3 cm³/mol. The van der Waals surface area contributed by atoms with Crippen LogP contribution in [0.4, 0.5) is 0 Å². The molecule has 48 valence electrons. The standard InChI is InChI=1S/C6H13ClSi/c1-2-3-4-5-6-8-7/h4-5H,2-3,6,8H2,1H3. The molecule has 0 aliphatic heterocycles. The van der Waals surface area contributed by atoms with Crippen molar-refractivity contribution in [2.75, 3.05) is 0 Å². The lowest BCUT2D eigenvalue weighted by atomic mass is 10.3. The molecule has 0 aromatic carbocycles. The maximum Gasteiger partial charge on any atom is 0.129 e. The van der Waals surface area contributed by atoms with Gasteiger partial charge in [0.15, 0.2) is 0 Å². The molecular weight excluding hydrogens is 136 g/mol. The van der Waals surface area contributed by atoms with Gasteiger partial charge < -0.3 is 0 Å². The van der Waals surface area contributed by atoms with Crippen LogP contribution in [-0.2, 0) is 0 Å². The molecule has 8 heavy (non-hydrogen) atoms. The molecule has 0 nitrogen and oxygen atoms in total. The van der Waals surface area contributed by atoms with Crippen molar-refractivity contribution in [3.63, 3.8) is 0 Å². The number of hydrogen-bond donors (Lipinski definition) is 0. The Labute approximate surface area is 58.5 Å². The number of halogens is 1. The van der Waals surface area contributed by atoms with Crippen molar-refractivity contribution in [3.05, 3.63) is 12.2 Å². The first kappa shape index (κ1) is 8.25. The van der Waals surface area contributed by atoms with Crippen LogP contribution >= 0.6 is 11.1 Å². The maximum absolute atomic E-state index is 5.57. The highest BCUT2D eigenvalue weighted by atomic mass is 35.6. The summed E-state index contributed by atoms with van der Waals surface area (Å²) in [5, 5.41) is 0. The van der Waals surface area contributed by atoms with E-state index in [2.05, 4.69) is 19.1 Å². The van der Waals surface area contributed by atoms with Gasteiger partial charge in [-0.25, -0.2) is 0 Å². The quantitative estimate of drug-likeness (QED) is 0.326. The molecule has 0 aliphatic rings. The summed E-state index contributed by atoms with van der Waals surface area (Å²) in [6.45, 7) is 2.18. The fourth-order valence-electron chi connectivity index (χ4n) is 0.465. The van der Waals surface area contributed by atoms with Gasteiger partial charge in [-0.3, -0.25) is 0 Å². The van der Waals surface area contributed by atoms with Crippen molar-refractivity contribution < 1.29 is 0 Å². The molecule has 0 N–H and O–H groups in total. The van der Waals surface area contributed by atoms with Gasteiger partial charge in [0.05, 0.1) is 0 Å². The highest BCUT2D eigenvalue weighted by Gasteiger charge is 1.74. The van der Waals surface area contributed by atoms with Gasteiger partial charge in [-0.1, -0.05) is 25.5 Å². The van der Waals surface area contributed by atoms with Crippen LogP contribution in [0.2, 0.25) is 6.04 Å². The van der Waals surface area contributed by atoms with Crippen molar-refractivity contribution in [2.24, 2.45) is 0 Å². The Balaban J connectivity index is 2.83. The lowest BCUT2D eigenvalue weighted by molar-refractivity contribution is 0.957. The smallest absolute Gasteiger partial charge is 0.129 e. The molecule has 0 aromatic heterocycles. The van der Waals surface area contributed by atoms with E-state index in [4.69, 9.17) is 11.1 Å². The lowest BCUT2D eigenvalue weighted by Gasteiger charge is -1.81. The molecule has 0 aliphatic carbocycles. The van der Waals surface area contributed by atoms with Crippen LogP contribution in [0.1, 0.15) is 19.8 Å². The van der Waals surface area contributed by atoms with E-state index in [0.717, 1.165) is 6.04 Å². The Hall–Kier alpha value is 0.247. The van der Waals surface area contributed by atoms with Gasteiger partial charge in [0, 0.05) is 0 Å². The largest absolute Gasteiger partial charge is 0.176 e. The van der Waals surface area contributed by atoms with Crippen LogP contribution in [0, 0.1) is 0 Å². The number of rotatable bonds is 4. The van der Waals surface area contributed by atoms with Crippen molar-refractivity contribution in [1.82, 2.24) is 0 Å². The molecule has 0 spiro atoms. The minimum Gasteiger partial charge on any atom is -0.176 e. The van der Waals surface area contributed by atoms with Crippen LogP contribution in [-0.4, -0.2) is 8.83 Å². The number of unbranched alkanes of at least 4 members (excludes halogenated alkanes) is 1. The fraction of sp³-hybridized carbons (Fsp3) is 0.667. The average Bonchev–Trinajstić information content (AvgIpc) is 1.81. The Morgan fingerprint density at radius 3 is 2.75 bits per heavy atom. The Kier molecular flexibility index (Phi) is 7.47.